The molecule has 2 bridgehead atoms. The third-order valence-corrected chi connectivity index (χ3v) is 6.40. The average Bonchev–Trinajstić information content (AvgIpc) is 3.17. The molecular formula is C22H24O. The first-order chi connectivity index (χ1) is 11.3. The van der Waals surface area contributed by atoms with Crippen molar-refractivity contribution in [3.05, 3.63) is 47.5 Å². The van der Waals surface area contributed by atoms with Crippen molar-refractivity contribution < 1.29 is 4.74 Å². The van der Waals surface area contributed by atoms with Crippen LogP contribution in [-0.4, -0.2) is 5.60 Å². The molecule has 2 aliphatic carbocycles. The first-order valence-corrected chi connectivity index (χ1v) is 9.22. The van der Waals surface area contributed by atoms with Crippen LogP contribution in [0.25, 0.3) is 16.8 Å². The van der Waals surface area contributed by atoms with Gasteiger partial charge in [-0.05, 0) is 66.5 Å². The molecule has 0 radical (unpaired) electrons. The second-order valence-electron chi connectivity index (χ2n) is 7.69. The third-order valence-electron chi connectivity index (χ3n) is 6.40. The lowest BCUT2D eigenvalue weighted by atomic mass is 9.74. The quantitative estimate of drug-likeness (QED) is 0.663. The second kappa shape index (κ2) is 4.87. The van der Waals surface area contributed by atoms with Crippen molar-refractivity contribution in [3.8, 4) is 5.75 Å². The van der Waals surface area contributed by atoms with E-state index in [0.717, 1.165) is 17.6 Å². The Morgan fingerprint density at radius 2 is 2.04 bits per heavy atom. The fraction of sp³-hybridized carbons (Fsp3) is 0.455. The predicted molar refractivity (Wildman–Crippen MR) is 95.6 cm³/mol. The average molecular weight is 304 g/mol. The molecule has 0 saturated heterocycles. The predicted octanol–water partition coefficient (Wildman–Crippen LogP) is 5.97. The molecule has 1 spiro atoms. The van der Waals surface area contributed by atoms with Crippen molar-refractivity contribution in [1.82, 2.24) is 0 Å². The Morgan fingerprint density at radius 1 is 1.13 bits per heavy atom. The first kappa shape index (κ1) is 13.7. The summed E-state index contributed by atoms with van der Waals surface area (Å²) < 4.78 is 6.82. The van der Waals surface area contributed by atoms with Gasteiger partial charge in [-0.1, -0.05) is 43.7 Å². The highest BCUT2D eigenvalue weighted by Crippen LogP contribution is 2.58. The van der Waals surface area contributed by atoms with E-state index in [1.165, 1.54) is 54.9 Å². The number of benzene rings is 2. The van der Waals surface area contributed by atoms with Gasteiger partial charge in [0.25, 0.3) is 0 Å². The van der Waals surface area contributed by atoms with Gasteiger partial charge in [0.05, 0.1) is 0 Å². The molecule has 2 aromatic rings. The number of hydrogen-bond acceptors (Lipinski definition) is 1. The fourth-order valence-electron chi connectivity index (χ4n) is 5.42. The molecule has 2 saturated carbocycles. The van der Waals surface area contributed by atoms with Crippen molar-refractivity contribution in [2.24, 2.45) is 11.8 Å². The van der Waals surface area contributed by atoms with Crippen LogP contribution in [-0.2, 0) is 0 Å². The minimum Gasteiger partial charge on any atom is -0.482 e. The van der Waals surface area contributed by atoms with Crippen LogP contribution in [0, 0.1) is 11.8 Å². The molecule has 0 aromatic heterocycles. The molecule has 3 unspecified atom stereocenters. The van der Waals surface area contributed by atoms with Gasteiger partial charge in [0.15, 0.2) is 0 Å². The van der Waals surface area contributed by atoms with E-state index in [1.807, 2.05) is 0 Å². The summed E-state index contributed by atoms with van der Waals surface area (Å²) in [4.78, 5) is 0. The van der Waals surface area contributed by atoms with Crippen molar-refractivity contribution in [1.29, 1.82) is 0 Å². The van der Waals surface area contributed by atoms with Crippen LogP contribution in [0.3, 0.4) is 0 Å². The van der Waals surface area contributed by atoms with E-state index in [2.05, 4.69) is 49.4 Å². The lowest BCUT2D eigenvalue weighted by Gasteiger charge is -2.43. The zero-order chi connectivity index (χ0) is 15.4. The van der Waals surface area contributed by atoms with Gasteiger partial charge < -0.3 is 4.74 Å². The van der Waals surface area contributed by atoms with E-state index in [9.17, 15) is 0 Å². The molecule has 0 amide bonds. The molecule has 118 valence electrons. The topological polar surface area (TPSA) is 9.23 Å². The molecule has 3 atom stereocenters. The van der Waals surface area contributed by atoms with Crippen molar-refractivity contribution in [3.63, 3.8) is 0 Å². The smallest absolute Gasteiger partial charge is 0.133 e. The van der Waals surface area contributed by atoms with Gasteiger partial charge in [0.1, 0.15) is 11.4 Å². The molecule has 1 nitrogen and oxygen atoms in total. The van der Waals surface area contributed by atoms with Gasteiger partial charge in [-0.15, -0.1) is 0 Å². The Hall–Kier alpha value is -1.76. The number of rotatable bonds is 2. The summed E-state index contributed by atoms with van der Waals surface area (Å²) in [6, 6.07) is 13.1. The molecule has 5 rings (SSSR count). The molecule has 2 aromatic carbocycles. The summed E-state index contributed by atoms with van der Waals surface area (Å²) in [7, 11) is 0. The Morgan fingerprint density at radius 3 is 2.83 bits per heavy atom. The molecular weight excluding hydrogens is 280 g/mol. The summed E-state index contributed by atoms with van der Waals surface area (Å²) in [5.41, 5.74) is 2.89. The maximum atomic E-state index is 6.82. The zero-order valence-corrected chi connectivity index (χ0v) is 13.8. The Balaban J connectivity index is 1.70. The summed E-state index contributed by atoms with van der Waals surface area (Å²) >= 11 is 0. The molecule has 1 aliphatic heterocycles. The van der Waals surface area contributed by atoms with Gasteiger partial charge in [-0.2, -0.15) is 0 Å². The standard InChI is InChI=1S/C22H24O/c1-2-5-17-13-20-19-7-4-3-6-16(19)9-11-21(20)23-22(17)14-15-8-10-18(22)12-15/h3-4,6-7,9,11,13,15,18H,2,5,8,10,12,14H2,1H3. The molecule has 0 N–H and O–H groups in total. The Bertz CT molecular complexity index is 803. The number of ether oxygens (including phenoxy) is 1. The van der Waals surface area contributed by atoms with Gasteiger partial charge in [0, 0.05) is 11.5 Å². The molecule has 1 heterocycles. The van der Waals surface area contributed by atoms with Crippen LogP contribution >= 0.6 is 0 Å². The molecule has 3 aliphatic rings. The minimum absolute atomic E-state index is 0.0222. The van der Waals surface area contributed by atoms with Gasteiger partial charge in [-0.25, -0.2) is 0 Å². The van der Waals surface area contributed by atoms with E-state index in [-0.39, 0.29) is 5.60 Å². The summed E-state index contributed by atoms with van der Waals surface area (Å²) in [5, 5.41) is 2.64. The minimum atomic E-state index is 0.0222. The van der Waals surface area contributed by atoms with E-state index >= 15 is 0 Å². The van der Waals surface area contributed by atoms with Crippen molar-refractivity contribution >= 4 is 16.8 Å². The fourth-order valence-corrected chi connectivity index (χ4v) is 5.42. The van der Waals surface area contributed by atoms with Gasteiger partial charge >= 0.3 is 0 Å². The van der Waals surface area contributed by atoms with Crippen LogP contribution in [0.1, 0.15) is 51.0 Å². The largest absolute Gasteiger partial charge is 0.482 e. The number of hydrogen-bond donors (Lipinski definition) is 0. The second-order valence-corrected chi connectivity index (χ2v) is 7.69. The van der Waals surface area contributed by atoms with Gasteiger partial charge in [-0.3, -0.25) is 0 Å². The van der Waals surface area contributed by atoms with Crippen LogP contribution in [0.2, 0.25) is 0 Å². The SMILES string of the molecule is CCCC1=Cc2c(ccc3ccccc23)OC12CC1CCC2C1. The normalized spacial score (nSPS) is 31.3. The van der Waals surface area contributed by atoms with Crippen LogP contribution < -0.4 is 4.74 Å². The van der Waals surface area contributed by atoms with Crippen molar-refractivity contribution in [2.45, 2.75) is 51.0 Å². The third kappa shape index (κ3) is 1.86. The highest BCUT2D eigenvalue weighted by atomic mass is 16.5. The van der Waals surface area contributed by atoms with E-state index in [4.69, 9.17) is 4.74 Å². The Labute approximate surface area is 138 Å². The molecule has 2 fully saturated rings. The Kier molecular flexibility index (Phi) is 2.89. The summed E-state index contributed by atoms with van der Waals surface area (Å²) in [6.07, 6.45) is 10.3. The molecule has 23 heavy (non-hydrogen) atoms. The summed E-state index contributed by atoms with van der Waals surface area (Å²) in [6.45, 7) is 2.29. The monoisotopic (exact) mass is 304 g/mol. The van der Waals surface area contributed by atoms with E-state index in [1.54, 1.807) is 5.57 Å². The van der Waals surface area contributed by atoms with Crippen molar-refractivity contribution in [2.75, 3.05) is 0 Å². The lowest BCUT2D eigenvalue weighted by Crippen LogP contribution is -2.45. The number of fused-ring (bicyclic) bond motifs is 6. The lowest BCUT2D eigenvalue weighted by molar-refractivity contribution is 0.0431. The summed E-state index contributed by atoms with van der Waals surface area (Å²) in [5.74, 6) is 2.74. The van der Waals surface area contributed by atoms with E-state index < -0.39 is 0 Å². The first-order valence-electron chi connectivity index (χ1n) is 9.22. The van der Waals surface area contributed by atoms with Gasteiger partial charge in [0.2, 0.25) is 0 Å². The maximum absolute atomic E-state index is 6.82. The maximum Gasteiger partial charge on any atom is 0.133 e. The zero-order valence-electron chi connectivity index (χ0n) is 13.8. The van der Waals surface area contributed by atoms with Crippen LogP contribution in [0.4, 0.5) is 0 Å². The van der Waals surface area contributed by atoms with E-state index in [0.29, 0.717) is 0 Å². The highest BCUT2D eigenvalue weighted by Gasteiger charge is 2.55. The highest BCUT2D eigenvalue weighted by molar-refractivity contribution is 5.94. The van der Waals surface area contributed by atoms with Crippen LogP contribution in [0.15, 0.2) is 42.0 Å². The molecule has 1 heteroatoms. The van der Waals surface area contributed by atoms with Crippen LogP contribution in [0.5, 0.6) is 5.75 Å².